The summed E-state index contributed by atoms with van der Waals surface area (Å²) < 4.78 is 16.1. The van der Waals surface area contributed by atoms with Crippen LogP contribution in [0.4, 0.5) is 0 Å². The summed E-state index contributed by atoms with van der Waals surface area (Å²) in [4.78, 5) is 39.4. The standard InChI is InChI=1S/C24H26N2O6/c1-30-20-8-5-15(12-21(20)31-2)9-10-26-23(28)18-7-6-16(13-19(18)24(26)29)22(27)25-14-17-4-3-11-32-17/h5-8,12-13,17H,3-4,9-11,14H2,1-2H3,(H,25,27). The Morgan fingerprint density at radius 1 is 1.06 bits per heavy atom. The van der Waals surface area contributed by atoms with E-state index in [-0.39, 0.29) is 35.9 Å². The van der Waals surface area contributed by atoms with E-state index in [0.29, 0.717) is 35.6 Å². The van der Waals surface area contributed by atoms with E-state index in [4.69, 9.17) is 14.2 Å². The van der Waals surface area contributed by atoms with E-state index >= 15 is 0 Å². The molecule has 0 aliphatic carbocycles. The van der Waals surface area contributed by atoms with Gasteiger partial charge in [0.25, 0.3) is 17.7 Å². The van der Waals surface area contributed by atoms with Crippen molar-refractivity contribution in [2.24, 2.45) is 0 Å². The number of fused-ring (bicyclic) bond motifs is 1. The first-order valence-electron chi connectivity index (χ1n) is 10.6. The van der Waals surface area contributed by atoms with Gasteiger partial charge in [-0.25, -0.2) is 0 Å². The molecule has 2 aliphatic heterocycles. The summed E-state index contributed by atoms with van der Waals surface area (Å²) >= 11 is 0. The molecule has 1 fully saturated rings. The summed E-state index contributed by atoms with van der Waals surface area (Å²) in [6.07, 6.45) is 2.42. The average molecular weight is 438 g/mol. The van der Waals surface area contributed by atoms with Crippen molar-refractivity contribution in [3.8, 4) is 11.5 Å². The van der Waals surface area contributed by atoms with E-state index in [1.165, 1.54) is 11.0 Å². The first-order valence-corrected chi connectivity index (χ1v) is 10.6. The molecule has 0 aromatic heterocycles. The van der Waals surface area contributed by atoms with Gasteiger partial charge in [-0.2, -0.15) is 0 Å². The zero-order valence-corrected chi connectivity index (χ0v) is 18.2. The minimum Gasteiger partial charge on any atom is -0.493 e. The molecule has 2 aromatic carbocycles. The summed E-state index contributed by atoms with van der Waals surface area (Å²) in [6, 6.07) is 10.1. The van der Waals surface area contributed by atoms with Crippen molar-refractivity contribution < 1.29 is 28.6 Å². The van der Waals surface area contributed by atoms with Crippen LogP contribution in [0.15, 0.2) is 36.4 Å². The number of rotatable bonds is 8. The van der Waals surface area contributed by atoms with Crippen LogP contribution in [0.5, 0.6) is 11.5 Å². The molecular weight excluding hydrogens is 412 g/mol. The van der Waals surface area contributed by atoms with Crippen LogP contribution in [-0.2, 0) is 11.2 Å². The molecule has 0 spiro atoms. The van der Waals surface area contributed by atoms with E-state index in [1.54, 1.807) is 32.4 Å². The van der Waals surface area contributed by atoms with Crippen LogP contribution in [0.25, 0.3) is 0 Å². The predicted octanol–water partition coefficient (Wildman–Crippen LogP) is 2.45. The molecule has 0 saturated carbocycles. The van der Waals surface area contributed by atoms with Crippen LogP contribution < -0.4 is 14.8 Å². The van der Waals surface area contributed by atoms with Gasteiger partial charge in [-0.15, -0.1) is 0 Å². The number of ether oxygens (including phenoxy) is 3. The van der Waals surface area contributed by atoms with Crippen molar-refractivity contribution in [3.05, 3.63) is 58.7 Å². The molecule has 2 aliphatic rings. The molecular formula is C24H26N2O6. The van der Waals surface area contributed by atoms with E-state index in [9.17, 15) is 14.4 Å². The Hall–Kier alpha value is -3.39. The van der Waals surface area contributed by atoms with Gasteiger partial charge >= 0.3 is 0 Å². The zero-order valence-electron chi connectivity index (χ0n) is 18.2. The van der Waals surface area contributed by atoms with Crippen LogP contribution in [0.1, 0.15) is 49.5 Å². The summed E-state index contributed by atoms with van der Waals surface area (Å²) in [5, 5.41) is 2.84. The van der Waals surface area contributed by atoms with Crippen LogP contribution in [0.2, 0.25) is 0 Å². The quantitative estimate of drug-likeness (QED) is 0.637. The summed E-state index contributed by atoms with van der Waals surface area (Å²) in [6.45, 7) is 1.37. The molecule has 8 heteroatoms. The Labute approximate surface area is 186 Å². The Kier molecular flexibility index (Phi) is 6.41. The Balaban J connectivity index is 1.42. The third kappa shape index (κ3) is 4.31. The molecule has 32 heavy (non-hydrogen) atoms. The molecule has 8 nitrogen and oxygen atoms in total. The largest absolute Gasteiger partial charge is 0.493 e. The first kappa shape index (κ1) is 21.8. The van der Waals surface area contributed by atoms with Gasteiger partial charge in [-0.05, 0) is 55.2 Å². The van der Waals surface area contributed by atoms with E-state index < -0.39 is 0 Å². The van der Waals surface area contributed by atoms with Crippen LogP contribution >= 0.6 is 0 Å². The number of amides is 3. The van der Waals surface area contributed by atoms with Crippen LogP contribution in [0, 0.1) is 0 Å². The highest BCUT2D eigenvalue weighted by Crippen LogP contribution is 2.29. The minimum atomic E-state index is -0.390. The third-order valence-corrected chi connectivity index (χ3v) is 5.82. The number of imide groups is 1. The second-order valence-corrected chi connectivity index (χ2v) is 7.81. The summed E-state index contributed by atoms with van der Waals surface area (Å²) in [7, 11) is 3.12. The molecule has 2 aromatic rings. The lowest BCUT2D eigenvalue weighted by molar-refractivity contribution is 0.0656. The lowest BCUT2D eigenvalue weighted by Crippen LogP contribution is -2.32. The number of carbonyl (C=O) groups excluding carboxylic acids is 3. The van der Waals surface area contributed by atoms with Crippen LogP contribution in [0.3, 0.4) is 0 Å². The highest BCUT2D eigenvalue weighted by Gasteiger charge is 2.35. The van der Waals surface area contributed by atoms with Gasteiger partial charge in [0.15, 0.2) is 11.5 Å². The molecule has 168 valence electrons. The van der Waals surface area contributed by atoms with Crippen molar-refractivity contribution in [2.75, 3.05) is 33.9 Å². The second kappa shape index (κ2) is 9.40. The van der Waals surface area contributed by atoms with Crippen molar-refractivity contribution >= 4 is 17.7 Å². The predicted molar refractivity (Wildman–Crippen MR) is 116 cm³/mol. The molecule has 1 N–H and O–H groups in total. The molecule has 2 heterocycles. The van der Waals surface area contributed by atoms with E-state index in [2.05, 4.69) is 5.32 Å². The van der Waals surface area contributed by atoms with Crippen molar-refractivity contribution in [2.45, 2.75) is 25.4 Å². The van der Waals surface area contributed by atoms with Gasteiger partial charge in [0.1, 0.15) is 0 Å². The zero-order chi connectivity index (χ0) is 22.7. The van der Waals surface area contributed by atoms with Crippen molar-refractivity contribution in [1.29, 1.82) is 0 Å². The second-order valence-electron chi connectivity index (χ2n) is 7.81. The van der Waals surface area contributed by atoms with E-state index in [1.807, 2.05) is 12.1 Å². The molecule has 1 unspecified atom stereocenters. The van der Waals surface area contributed by atoms with Gasteiger partial charge in [-0.1, -0.05) is 6.07 Å². The monoisotopic (exact) mass is 438 g/mol. The van der Waals surface area contributed by atoms with Crippen molar-refractivity contribution in [1.82, 2.24) is 10.2 Å². The lowest BCUT2D eigenvalue weighted by atomic mass is 10.1. The average Bonchev–Trinajstić information content (AvgIpc) is 3.42. The number of methoxy groups -OCH3 is 2. The maximum atomic E-state index is 12.9. The van der Waals surface area contributed by atoms with E-state index in [0.717, 1.165) is 25.0 Å². The van der Waals surface area contributed by atoms with Gasteiger partial charge in [0.05, 0.1) is 31.5 Å². The fourth-order valence-corrected chi connectivity index (χ4v) is 4.03. The van der Waals surface area contributed by atoms with Gasteiger partial charge < -0.3 is 19.5 Å². The highest BCUT2D eigenvalue weighted by atomic mass is 16.5. The Morgan fingerprint density at radius 3 is 2.56 bits per heavy atom. The molecule has 0 bridgehead atoms. The topological polar surface area (TPSA) is 94.2 Å². The first-order chi connectivity index (χ1) is 15.5. The van der Waals surface area contributed by atoms with Gasteiger partial charge in [-0.3, -0.25) is 19.3 Å². The fraction of sp³-hybridized carbons (Fsp3) is 0.375. The number of nitrogens with one attached hydrogen (secondary N) is 1. The Bertz CT molecular complexity index is 1040. The SMILES string of the molecule is COc1ccc(CCN2C(=O)c3ccc(C(=O)NCC4CCCO4)cc3C2=O)cc1OC. The van der Waals surface area contributed by atoms with Crippen molar-refractivity contribution in [3.63, 3.8) is 0 Å². The maximum absolute atomic E-state index is 12.9. The smallest absolute Gasteiger partial charge is 0.261 e. The highest BCUT2D eigenvalue weighted by molar-refractivity contribution is 6.22. The van der Waals surface area contributed by atoms with Gasteiger partial charge in [0.2, 0.25) is 0 Å². The molecule has 3 amide bonds. The van der Waals surface area contributed by atoms with Gasteiger partial charge in [0, 0.05) is 25.3 Å². The number of benzene rings is 2. The maximum Gasteiger partial charge on any atom is 0.261 e. The number of hydrogen-bond donors (Lipinski definition) is 1. The number of nitrogens with zero attached hydrogens (tertiary/aromatic N) is 1. The third-order valence-electron chi connectivity index (χ3n) is 5.82. The van der Waals surface area contributed by atoms with Crippen LogP contribution in [-0.4, -0.2) is 62.6 Å². The normalized spacial score (nSPS) is 17.4. The summed E-state index contributed by atoms with van der Waals surface area (Å²) in [5.74, 6) is 0.177. The molecule has 1 atom stereocenters. The molecule has 0 radical (unpaired) electrons. The Morgan fingerprint density at radius 2 is 1.84 bits per heavy atom. The number of carbonyl (C=O) groups is 3. The summed E-state index contributed by atoms with van der Waals surface area (Å²) in [5.41, 5.74) is 1.84. The molecule has 4 rings (SSSR count). The number of hydrogen-bond acceptors (Lipinski definition) is 6. The minimum absolute atomic E-state index is 0.0312. The fourth-order valence-electron chi connectivity index (χ4n) is 4.03. The molecule has 1 saturated heterocycles. The lowest BCUT2D eigenvalue weighted by Gasteiger charge is -2.14.